The molecule has 2 amide bonds. The van der Waals surface area contributed by atoms with Gasteiger partial charge in [-0.1, -0.05) is 38.3 Å². The molecule has 0 bridgehead atoms. The molecule has 2 aromatic rings. The topological polar surface area (TPSA) is 76.7 Å². The van der Waals surface area contributed by atoms with E-state index in [1.165, 1.54) is 6.42 Å². The molecule has 1 fully saturated rings. The molecule has 1 atom stereocenters. The number of hydrogen-bond donors (Lipinski definition) is 2. The molecule has 0 spiro atoms. The first-order valence-corrected chi connectivity index (χ1v) is 10.6. The number of anilines is 1. The lowest BCUT2D eigenvalue weighted by Gasteiger charge is -2.23. The molecule has 0 saturated heterocycles. The Balaban J connectivity index is 1.66. The maximum atomic E-state index is 12.8. The van der Waals surface area contributed by atoms with Crippen LogP contribution in [0.3, 0.4) is 0 Å². The minimum absolute atomic E-state index is 0.151. The highest BCUT2D eigenvalue weighted by Gasteiger charge is 2.22. The average Bonchev–Trinajstić information content (AvgIpc) is 2.78. The van der Waals surface area contributed by atoms with Crippen LogP contribution in [0.2, 0.25) is 0 Å². The highest BCUT2D eigenvalue weighted by atomic mass is 16.5. The van der Waals surface area contributed by atoms with Gasteiger partial charge in [0.05, 0.1) is 18.4 Å². The molecule has 0 aromatic heterocycles. The van der Waals surface area contributed by atoms with Crippen LogP contribution in [0.4, 0.5) is 5.69 Å². The third-order valence-corrected chi connectivity index (χ3v) is 5.37. The maximum absolute atomic E-state index is 12.8. The number of para-hydroxylation sites is 1. The Bertz CT molecular complexity index is 845. The minimum atomic E-state index is -0.673. The van der Waals surface area contributed by atoms with Crippen molar-refractivity contribution in [1.82, 2.24) is 5.32 Å². The summed E-state index contributed by atoms with van der Waals surface area (Å²) >= 11 is 0. The molecular weight excluding hydrogens is 380 g/mol. The van der Waals surface area contributed by atoms with E-state index in [0.717, 1.165) is 31.4 Å². The van der Waals surface area contributed by atoms with Gasteiger partial charge in [-0.05, 0) is 55.7 Å². The number of amides is 2. The summed E-state index contributed by atoms with van der Waals surface area (Å²) in [6.45, 7) is 1.88. The molecule has 0 radical (unpaired) electrons. The van der Waals surface area contributed by atoms with Crippen molar-refractivity contribution in [3.63, 3.8) is 0 Å². The molecule has 3 rings (SSSR count). The van der Waals surface area contributed by atoms with Gasteiger partial charge in [-0.3, -0.25) is 9.59 Å². The lowest BCUT2D eigenvalue weighted by atomic mass is 9.95. The highest BCUT2D eigenvalue weighted by Crippen LogP contribution is 2.22. The molecule has 160 valence electrons. The van der Waals surface area contributed by atoms with Crippen LogP contribution >= 0.6 is 0 Å². The van der Waals surface area contributed by atoms with E-state index in [0.29, 0.717) is 23.4 Å². The molecular formula is C24H30N2O4. The molecule has 1 saturated carbocycles. The zero-order valence-corrected chi connectivity index (χ0v) is 17.6. The Morgan fingerprint density at radius 2 is 1.67 bits per heavy atom. The standard InChI is InChI=1S/C24H30N2O4/c1-3-22(30-19-15-13-18(29-2)14-16-19)24(28)26-21-12-8-7-11-20(21)23(27)25-17-9-5-4-6-10-17/h7-8,11-17,22H,3-6,9-10H2,1-2H3,(H,25,27)(H,26,28)/t22-/m0/s1. The largest absolute Gasteiger partial charge is 0.497 e. The molecule has 6 nitrogen and oxygen atoms in total. The smallest absolute Gasteiger partial charge is 0.265 e. The van der Waals surface area contributed by atoms with Crippen molar-refractivity contribution < 1.29 is 19.1 Å². The van der Waals surface area contributed by atoms with Gasteiger partial charge >= 0.3 is 0 Å². The Kier molecular flexibility index (Phi) is 7.71. The van der Waals surface area contributed by atoms with Crippen LogP contribution in [-0.2, 0) is 4.79 Å². The Morgan fingerprint density at radius 3 is 2.33 bits per heavy atom. The van der Waals surface area contributed by atoms with E-state index in [9.17, 15) is 9.59 Å². The Labute approximate surface area is 178 Å². The number of nitrogens with one attached hydrogen (secondary N) is 2. The van der Waals surface area contributed by atoms with Crippen LogP contribution in [0.5, 0.6) is 11.5 Å². The zero-order chi connectivity index (χ0) is 21.3. The predicted octanol–water partition coefficient (Wildman–Crippen LogP) is 4.55. The number of carbonyl (C=O) groups excluding carboxylic acids is 2. The van der Waals surface area contributed by atoms with Gasteiger partial charge in [-0.25, -0.2) is 0 Å². The van der Waals surface area contributed by atoms with E-state index in [1.807, 2.05) is 6.92 Å². The van der Waals surface area contributed by atoms with Gasteiger partial charge in [0, 0.05) is 6.04 Å². The van der Waals surface area contributed by atoms with Crippen molar-refractivity contribution in [2.45, 2.75) is 57.6 Å². The predicted molar refractivity (Wildman–Crippen MR) is 117 cm³/mol. The molecule has 2 aromatic carbocycles. The number of methoxy groups -OCH3 is 1. The second kappa shape index (κ2) is 10.7. The van der Waals surface area contributed by atoms with Crippen molar-refractivity contribution in [2.75, 3.05) is 12.4 Å². The molecule has 6 heteroatoms. The molecule has 0 unspecified atom stereocenters. The summed E-state index contributed by atoms with van der Waals surface area (Å²) in [5.41, 5.74) is 0.961. The third-order valence-electron chi connectivity index (χ3n) is 5.37. The van der Waals surface area contributed by atoms with Crippen molar-refractivity contribution >= 4 is 17.5 Å². The van der Waals surface area contributed by atoms with Crippen molar-refractivity contribution in [3.8, 4) is 11.5 Å². The number of ether oxygens (including phenoxy) is 2. The van der Waals surface area contributed by atoms with Crippen LogP contribution in [0, 0.1) is 0 Å². The second-order valence-electron chi connectivity index (χ2n) is 7.53. The van der Waals surface area contributed by atoms with Crippen LogP contribution < -0.4 is 20.1 Å². The number of carbonyl (C=O) groups is 2. The van der Waals surface area contributed by atoms with Crippen LogP contribution in [0.15, 0.2) is 48.5 Å². The van der Waals surface area contributed by atoms with E-state index in [1.54, 1.807) is 55.6 Å². The van der Waals surface area contributed by atoms with E-state index < -0.39 is 6.10 Å². The van der Waals surface area contributed by atoms with Crippen LogP contribution in [0.25, 0.3) is 0 Å². The quantitative estimate of drug-likeness (QED) is 0.669. The van der Waals surface area contributed by atoms with Gasteiger partial charge in [0.25, 0.3) is 11.8 Å². The summed E-state index contributed by atoms with van der Waals surface area (Å²) in [5.74, 6) is 0.868. The van der Waals surface area contributed by atoms with Crippen molar-refractivity contribution in [2.24, 2.45) is 0 Å². The second-order valence-corrected chi connectivity index (χ2v) is 7.53. The van der Waals surface area contributed by atoms with Crippen LogP contribution in [-0.4, -0.2) is 31.1 Å². The molecule has 30 heavy (non-hydrogen) atoms. The lowest BCUT2D eigenvalue weighted by Crippen LogP contribution is -2.37. The normalized spacial score (nSPS) is 15.1. The van der Waals surface area contributed by atoms with Crippen LogP contribution in [0.1, 0.15) is 55.8 Å². The minimum Gasteiger partial charge on any atom is -0.497 e. The fourth-order valence-corrected chi connectivity index (χ4v) is 3.65. The summed E-state index contributed by atoms with van der Waals surface area (Å²) in [6, 6.07) is 14.4. The first-order valence-electron chi connectivity index (χ1n) is 10.6. The summed E-state index contributed by atoms with van der Waals surface area (Å²) in [6.07, 6.45) is 5.35. The summed E-state index contributed by atoms with van der Waals surface area (Å²) in [5, 5.41) is 5.98. The summed E-state index contributed by atoms with van der Waals surface area (Å²) < 4.78 is 11.0. The number of benzene rings is 2. The Hall–Kier alpha value is -3.02. The lowest BCUT2D eigenvalue weighted by molar-refractivity contribution is -0.122. The Morgan fingerprint density at radius 1 is 1.00 bits per heavy atom. The average molecular weight is 411 g/mol. The molecule has 1 aliphatic carbocycles. The first kappa shape index (κ1) is 21.7. The van der Waals surface area contributed by atoms with Gasteiger partial charge in [0.1, 0.15) is 11.5 Å². The van der Waals surface area contributed by atoms with Crippen molar-refractivity contribution in [1.29, 1.82) is 0 Å². The van der Waals surface area contributed by atoms with Crippen molar-refractivity contribution in [3.05, 3.63) is 54.1 Å². The van der Waals surface area contributed by atoms with Gasteiger partial charge in [-0.2, -0.15) is 0 Å². The van der Waals surface area contributed by atoms with Gasteiger partial charge in [0.2, 0.25) is 0 Å². The van der Waals surface area contributed by atoms with E-state index >= 15 is 0 Å². The van der Waals surface area contributed by atoms with E-state index in [-0.39, 0.29) is 17.9 Å². The molecule has 0 heterocycles. The van der Waals surface area contributed by atoms with Gasteiger partial charge in [0.15, 0.2) is 6.10 Å². The monoisotopic (exact) mass is 410 g/mol. The third kappa shape index (κ3) is 5.75. The number of rotatable bonds is 8. The fraction of sp³-hybridized carbons (Fsp3) is 0.417. The summed E-state index contributed by atoms with van der Waals surface area (Å²) in [7, 11) is 1.60. The highest BCUT2D eigenvalue weighted by molar-refractivity contribution is 6.04. The van der Waals surface area contributed by atoms with E-state index in [2.05, 4.69) is 10.6 Å². The van der Waals surface area contributed by atoms with E-state index in [4.69, 9.17) is 9.47 Å². The number of hydrogen-bond acceptors (Lipinski definition) is 4. The fourth-order valence-electron chi connectivity index (χ4n) is 3.65. The SMILES string of the molecule is CC[C@H](Oc1ccc(OC)cc1)C(=O)Nc1ccccc1C(=O)NC1CCCCC1. The molecule has 0 aliphatic heterocycles. The molecule has 1 aliphatic rings. The summed E-state index contributed by atoms with van der Waals surface area (Å²) in [4.78, 5) is 25.6. The first-order chi connectivity index (χ1) is 14.6. The zero-order valence-electron chi connectivity index (χ0n) is 17.6. The van der Waals surface area contributed by atoms with Gasteiger partial charge < -0.3 is 20.1 Å². The van der Waals surface area contributed by atoms with Gasteiger partial charge in [-0.15, -0.1) is 0 Å². The molecule has 2 N–H and O–H groups in total. The maximum Gasteiger partial charge on any atom is 0.265 e.